The number of hydrogen-bond acceptors (Lipinski definition) is 6. The van der Waals surface area contributed by atoms with Crippen LogP contribution in [0.4, 0.5) is 0 Å². The van der Waals surface area contributed by atoms with Crippen molar-refractivity contribution < 1.29 is 29.3 Å². The molecule has 6 heteroatoms. The van der Waals surface area contributed by atoms with Gasteiger partial charge in [0.05, 0.1) is 25.2 Å². The van der Waals surface area contributed by atoms with Crippen molar-refractivity contribution in [3.63, 3.8) is 0 Å². The molecule has 146 valence electrons. The van der Waals surface area contributed by atoms with Gasteiger partial charge in [-0.2, -0.15) is 0 Å². The van der Waals surface area contributed by atoms with Crippen LogP contribution >= 0.6 is 0 Å². The van der Waals surface area contributed by atoms with Crippen LogP contribution in [0.2, 0.25) is 0 Å². The Bertz CT molecular complexity index is 907. The Hall–Kier alpha value is -2.70. The van der Waals surface area contributed by atoms with Crippen molar-refractivity contribution in [3.05, 3.63) is 64.8 Å². The van der Waals surface area contributed by atoms with E-state index in [9.17, 15) is 19.8 Å². The first-order chi connectivity index (χ1) is 13.4. The van der Waals surface area contributed by atoms with E-state index in [4.69, 9.17) is 9.47 Å². The number of carbonyl (C=O) groups is 2. The number of ketones is 1. The minimum atomic E-state index is -0.609. The first-order valence-corrected chi connectivity index (χ1v) is 9.25. The number of carbonyl (C=O) groups excluding carboxylic acids is 2. The maximum atomic E-state index is 12.5. The first kappa shape index (κ1) is 18.7. The third-order valence-electron chi connectivity index (χ3n) is 5.83. The maximum absolute atomic E-state index is 12.5. The van der Waals surface area contributed by atoms with Crippen LogP contribution in [-0.2, 0) is 25.7 Å². The summed E-state index contributed by atoms with van der Waals surface area (Å²) in [4.78, 5) is 24.8. The highest BCUT2D eigenvalue weighted by molar-refractivity contribution is 6.09. The number of rotatable bonds is 4. The lowest BCUT2D eigenvalue weighted by molar-refractivity contribution is -0.141. The number of aromatic hydroxyl groups is 1. The third-order valence-corrected chi connectivity index (χ3v) is 5.83. The largest absolute Gasteiger partial charge is 0.508 e. The number of phenolic OH excluding ortho intramolecular Hbond substituents is 1. The molecule has 1 aromatic rings. The van der Waals surface area contributed by atoms with E-state index in [-0.39, 0.29) is 24.2 Å². The highest BCUT2D eigenvalue weighted by atomic mass is 16.6. The van der Waals surface area contributed by atoms with Crippen LogP contribution < -0.4 is 0 Å². The molecule has 0 saturated carbocycles. The highest BCUT2D eigenvalue weighted by Gasteiger charge is 2.53. The van der Waals surface area contributed by atoms with Gasteiger partial charge in [-0.05, 0) is 42.7 Å². The molecule has 0 amide bonds. The molecule has 28 heavy (non-hydrogen) atoms. The Kier molecular flexibility index (Phi) is 4.69. The summed E-state index contributed by atoms with van der Waals surface area (Å²) in [6.07, 6.45) is 0.928. The summed E-state index contributed by atoms with van der Waals surface area (Å²) in [6.45, 7) is 5.83. The summed E-state index contributed by atoms with van der Waals surface area (Å²) in [5.41, 5.74) is 3.26. The van der Waals surface area contributed by atoms with Crippen molar-refractivity contribution in [1.29, 1.82) is 0 Å². The van der Waals surface area contributed by atoms with Gasteiger partial charge in [0.2, 0.25) is 0 Å². The second kappa shape index (κ2) is 7.04. The fraction of sp³-hybridized carbons (Fsp3) is 0.364. The Morgan fingerprint density at radius 2 is 1.96 bits per heavy atom. The van der Waals surface area contributed by atoms with E-state index in [0.717, 1.165) is 11.1 Å². The van der Waals surface area contributed by atoms with Crippen LogP contribution in [0.5, 0.6) is 5.75 Å². The summed E-state index contributed by atoms with van der Waals surface area (Å²) in [5.74, 6) is -1.30. The Labute approximate surface area is 162 Å². The van der Waals surface area contributed by atoms with E-state index in [2.05, 4.69) is 6.58 Å². The van der Waals surface area contributed by atoms with Gasteiger partial charge in [0.25, 0.3) is 0 Å². The molecule has 4 rings (SSSR count). The lowest BCUT2D eigenvalue weighted by Gasteiger charge is -2.28. The SMILES string of the molecule is C=C1C(=O)OC2C3C(CO)=CC(=O)C3=C(C)CC(OCc3ccc(O)cc3)C12. The number of hydrogen-bond donors (Lipinski definition) is 2. The molecule has 2 aliphatic carbocycles. The van der Waals surface area contributed by atoms with E-state index < -0.39 is 23.9 Å². The molecule has 1 aromatic carbocycles. The molecule has 0 bridgehead atoms. The van der Waals surface area contributed by atoms with E-state index in [1.807, 2.05) is 6.92 Å². The fourth-order valence-corrected chi connectivity index (χ4v) is 4.48. The number of aliphatic hydroxyl groups excluding tert-OH is 1. The average Bonchev–Trinajstić information content (AvgIpc) is 3.12. The molecular weight excluding hydrogens is 360 g/mol. The number of benzene rings is 1. The molecule has 1 aliphatic heterocycles. The predicted molar refractivity (Wildman–Crippen MR) is 100 cm³/mol. The standard InChI is InChI=1S/C22H22O6/c1-11-7-17(27-10-13-3-5-15(24)6-4-13)19-12(2)22(26)28-21(19)20-14(9-23)8-16(25)18(11)20/h3-6,8,17,19-21,23-24H,2,7,9-10H2,1H3. The van der Waals surface area contributed by atoms with Crippen molar-refractivity contribution in [2.75, 3.05) is 6.61 Å². The average molecular weight is 382 g/mol. The van der Waals surface area contributed by atoms with E-state index in [0.29, 0.717) is 29.7 Å². The fourth-order valence-electron chi connectivity index (χ4n) is 4.48. The lowest BCUT2D eigenvalue weighted by Crippen LogP contribution is -2.35. The molecule has 4 unspecified atom stereocenters. The van der Waals surface area contributed by atoms with Crippen LogP contribution in [0.1, 0.15) is 18.9 Å². The summed E-state index contributed by atoms with van der Waals surface area (Å²) in [7, 11) is 0. The topological polar surface area (TPSA) is 93.1 Å². The second-order valence-corrected chi connectivity index (χ2v) is 7.55. The van der Waals surface area contributed by atoms with Crippen molar-refractivity contribution >= 4 is 11.8 Å². The molecule has 4 atom stereocenters. The Morgan fingerprint density at radius 3 is 2.64 bits per heavy atom. The van der Waals surface area contributed by atoms with Gasteiger partial charge in [0, 0.05) is 17.1 Å². The van der Waals surface area contributed by atoms with Gasteiger partial charge in [0.15, 0.2) is 5.78 Å². The lowest BCUT2D eigenvalue weighted by atomic mass is 9.82. The number of phenols is 1. The molecule has 6 nitrogen and oxygen atoms in total. The molecule has 0 radical (unpaired) electrons. The number of fused-ring (bicyclic) bond motifs is 3. The zero-order valence-corrected chi connectivity index (χ0v) is 15.6. The number of esters is 1. The summed E-state index contributed by atoms with van der Waals surface area (Å²) >= 11 is 0. The van der Waals surface area contributed by atoms with Crippen molar-refractivity contribution in [1.82, 2.24) is 0 Å². The van der Waals surface area contributed by atoms with Crippen LogP contribution in [0.3, 0.4) is 0 Å². The molecule has 0 spiro atoms. The normalized spacial score (nSPS) is 29.4. The second-order valence-electron chi connectivity index (χ2n) is 7.55. The first-order valence-electron chi connectivity index (χ1n) is 9.25. The van der Waals surface area contributed by atoms with Gasteiger partial charge < -0.3 is 19.7 Å². The smallest absolute Gasteiger partial charge is 0.334 e. The molecule has 3 aliphatic rings. The molecular formula is C22H22O6. The third kappa shape index (κ3) is 2.99. The molecule has 1 heterocycles. The number of ether oxygens (including phenoxy) is 2. The minimum Gasteiger partial charge on any atom is -0.508 e. The van der Waals surface area contributed by atoms with Gasteiger partial charge in [-0.3, -0.25) is 4.79 Å². The number of aliphatic hydroxyl groups is 1. The van der Waals surface area contributed by atoms with Crippen molar-refractivity contribution in [2.45, 2.75) is 32.2 Å². The monoisotopic (exact) mass is 382 g/mol. The summed E-state index contributed by atoms with van der Waals surface area (Å²) in [6, 6.07) is 6.71. The van der Waals surface area contributed by atoms with E-state index >= 15 is 0 Å². The van der Waals surface area contributed by atoms with Gasteiger partial charge in [-0.25, -0.2) is 4.79 Å². The van der Waals surface area contributed by atoms with Gasteiger partial charge in [0.1, 0.15) is 11.9 Å². The van der Waals surface area contributed by atoms with Crippen LogP contribution in [-0.4, -0.2) is 40.8 Å². The molecule has 0 aromatic heterocycles. The predicted octanol–water partition coefficient (Wildman–Crippen LogP) is 2.21. The van der Waals surface area contributed by atoms with Gasteiger partial charge in [-0.15, -0.1) is 0 Å². The summed E-state index contributed by atoms with van der Waals surface area (Å²) in [5, 5.41) is 19.2. The Balaban J connectivity index is 1.66. The zero-order chi connectivity index (χ0) is 20.0. The van der Waals surface area contributed by atoms with Gasteiger partial charge >= 0.3 is 5.97 Å². The maximum Gasteiger partial charge on any atom is 0.334 e. The van der Waals surface area contributed by atoms with Crippen LogP contribution in [0.15, 0.2) is 59.2 Å². The zero-order valence-electron chi connectivity index (χ0n) is 15.6. The van der Waals surface area contributed by atoms with Gasteiger partial charge in [-0.1, -0.05) is 24.3 Å². The van der Waals surface area contributed by atoms with E-state index in [1.54, 1.807) is 24.3 Å². The molecule has 1 fully saturated rings. The molecule has 2 N–H and O–H groups in total. The Morgan fingerprint density at radius 1 is 1.25 bits per heavy atom. The van der Waals surface area contributed by atoms with Crippen LogP contribution in [0.25, 0.3) is 0 Å². The number of allylic oxidation sites excluding steroid dienone is 1. The minimum absolute atomic E-state index is 0.141. The molecule has 1 saturated heterocycles. The van der Waals surface area contributed by atoms with Crippen LogP contribution in [0, 0.1) is 11.8 Å². The van der Waals surface area contributed by atoms with E-state index in [1.165, 1.54) is 6.08 Å². The summed E-state index contributed by atoms with van der Waals surface area (Å²) < 4.78 is 11.8. The highest BCUT2D eigenvalue weighted by Crippen LogP contribution is 2.48. The quantitative estimate of drug-likeness (QED) is 0.613. The van der Waals surface area contributed by atoms with Crippen molar-refractivity contribution in [2.24, 2.45) is 11.8 Å². The van der Waals surface area contributed by atoms with Crippen molar-refractivity contribution in [3.8, 4) is 5.75 Å².